The predicted molar refractivity (Wildman–Crippen MR) is 96.4 cm³/mol. The van der Waals surface area contributed by atoms with E-state index in [0.29, 0.717) is 0 Å². The topological polar surface area (TPSA) is 18.5 Å². The molecule has 0 aliphatic heterocycles. The first-order valence-corrected chi connectivity index (χ1v) is 11.9. The molecule has 130 valence electrons. The second kappa shape index (κ2) is 8.84. The molecule has 0 heterocycles. The number of hydrogen-bond acceptors (Lipinski definition) is 2. The van der Waals surface area contributed by atoms with Crippen LogP contribution in [-0.4, -0.2) is 21.8 Å². The molecule has 2 fully saturated rings. The average molecular weight is 327 g/mol. The minimum Gasteiger partial charge on any atom is -0.394 e. The van der Waals surface area contributed by atoms with Gasteiger partial charge in [0.05, 0.1) is 0 Å². The second-order valence-corrected chi connectivity index (χ2v) is 11.7. The third kappa shape index (κ3) is 4.36. The van der Waals surface area contributed by atoms with Gasteiger partial charge in [0.2, 0.25) is 0 Å². The summed E-state index contributed by atoms with van der Waals surface area (Å²) in [5.74, 6) is 1.69. The summed E-state index contributed by atoms with van der Waals surface area (Å²) in [4.78, 5) is 0. The van der Waals surface area contributed by atoms with E-state index in [4.69, 9.17) is 8.85 Å². The molecule has 0 saturated heterocycles. The molecule has 0 radical (unpaired) electrons. The minimum atomic E-state index is -2.09. The van der Waals surface area contributed by atoms with Crippen molar-refractivity contribution in [2.75, 3.05) is 13.2 Å². The Labute approximate surface area is 139 Å². The summed E-state index contributed by atoms with van der Waals surface area (Å²) < 4.78 is 13.4. The lowest BCUT2D eigenvalue weighted by molar-refractivity contribution is 0.129. The third-order valence-corrected chi connectivity index (χ3v) is 10.4. The van der Waals surface area contributed by atoms with Crippen molar-refractivity contribution in [1.82, 2.24) is 0 Å². The molecular formula is C19H38O2Si. The molecule has 0 aromatic rings. The molecule has 22 heavy (non-hydrogen) atoms. The first kappa shape index (κ1) is 18.5. The normalized spacial score (nSPS) is 30.8. The van der Waals surface area contributed by atoms with Crippen molar-refractivity contribution in [3.63, 3.8) is 0 Å². The molecule has 2 unspecified atom stereocenters. The summed E-state index contributed by atoms with van der Waals surface area (Å²) >= 11 is 0. The highest BCUT2D eigenvalue weighted by atomic mass is 28.4. The van der Waals surface area contributed by atoms with Crippen LogP contribution >= 0.6 is 0 Å². The Morgan fingerprint density at radius 2 is 1.27 bits per heavy atom. The average Bonchev–Trinajstić information content (AvgIpc) is 3.01. The quantitative estimate of drug-likeness (QED) is 0.505. The fraction of sp³-hybridized carbons (Fsp3) is 1.00. The van der Waals surface area contributed by atoms with E-state index in [1.807, 2.05) is 0 Å². The Kier molecular flexibility index (Phi) is 7.42. The van der Waals surface area contributed by atoms with E-state index in [2.05, 4.69) is 27.7 Å². The highest BCUT2D eigenvalue weighted by Gasteiger charge is 2.54. The van der Waals surface area contributed by atoms with Crippen LogP contribution in [0.5, 0.6) is 0 Å². The van der Waals surface area contributed by atoms with Gasteiger partial charge in [0.15, 0.2) is 0 Å². The van der Waals surface area contributed by atoms with Crippen molar-refractivity contribution in [2.24, 2.45) is 11.8 Å². The summed E-state index contributed by atoms with van der Waals surface area (Å²) in [6.07, 6.45) is 11.8. The van der Waals surface area contributed by atoms with Crippen LogP contribution in [-0.2, 0) is 8.85 Å². The summed E-state index contributed by atoms with van der Waals surface area (Å²) in [5, 5.41) is 0. The molecule has 0 spiro atoms. The molecule has 2 aliphatic carbocycles. The predicted octanol–water partition coefficient (Wildman–Crippen LogP) is 6.05. The van der Waals surface area contributed by atoms with Crippen LogP contribution in [0.3, 0.4) is 0 Å². The van der Waals surface area contributed by atoms with E-state index in [-0.39, 0.29) is 0 Å². The van der Waals surface area contributed by atoms with Crippen molar-refractivity contribution < 1.29 is 8.85 Å². The van der Waals surface area contributed by atoms with Crippen LogP contribution in [0, 0.1) is 11.8 Å². The first-order chi connectivity index (χ1) is 10.6. The van der Waals surface area contributed by atoms with Crippen LogP contribution in [0.15, 0.2) is 0 Å². The van der Waals surface area contributed by atoms with Crippen molar-refractivity contribution in [2.45, 2.75) is 96.6 Å². The highest BCUT2D eigenvalue weighted by Crippen LogP contribution is 2.52. The lowest BCUT2D eigenvalue weighted by Gasteiger charge is -2.45. The summed E-state index contributed by atoms with van der Waals surface area (Å²) in [7, 11) is -2.09. The van der Waals surface area contributed by atoms with Gasteiger partial charge in [-0.15, -0.1) is 0 Å². The monoisotopic (exact) mass is 326 g/mol. The Morgan fingerprint density at radius 3 is 1.73 bits per heavy atom. The smallest absolute Gasteiger partial charge is 0.344 e. The zero-order valence-electron chi connectivity index (χ0n) is 15.4. The lowest BCUT2D eigenvalue weighted by Crippen LogP contribution is -2.52. The summed E-state index contributed by atoms with van der Waals surface area (Å²) in [6, 6.07) is 0. The molecule has 2 nitrogen and oxygen atoms in total. The molecule has 0 bridgehead atoms. The Bertz CT molecular complexity index is 297. The number of rotatable bonds is 8. The van der Waals surface area contributed by atoms with Crippen molar-refractivity contribution in [1.29, 1.82) is 0 Å². The molecule has 0 amide bonds. The molecule has 0 N–H and O–H groups in total. The molecule has 0 aromatic carbocycles. The van der Waals surface area contributed by atoms with Crippen LogP contribution in [0.1, 0.15) is 85.5 Å². The second-order valence-electron chi connectivity index (χ2n) is 8.01. The molecule has 0 aromatic heterocycles. The fourth-order valence-electron chi connectivity index (χ4n) is 4.97. The molecule has 2 rings (SSSR count). The van der Waals surface area contributed by atoms with Crippen molar-refractivity contribution >= 4 is 8.56 Å². The summed E-state index contributed by atoms with van der Waals surface area (Å²) in [6.45, 7) is 11.2. The van der Waals surface area contributed by atoms with Gasteiger partial charge in [0.25, 0.3) is 0 Å². The lowest BCUT2D eigenvalue weighted by atomic mass is 9.83. The van der Waals surface area contributed by atoms with E-state index in [0.717, 1.165) is 49.0 Å². The van der Waals surface area contributed by atoms with E-state index in [9.17, 15) is 0 Å². The minimum absolute atomic E-state index is 0.729. The zero-order valence-corrected chi connectivity index (χ0v) is 16.4. The van der Waals surface area contributed by atoms with Gasteiger partial charge in [-0.3, -0.25) is 0 Å². The van der Waals surface area contributed by atoms with Gasteiger partial charge in [-0.1, -0.05) is 40.5 Å². The molecule has 2 atom stereocenters. The zero-order chi connectivity index (χ0) is 16.0. The van der Waals surface area contributed by atoms with E-state index in [1.165, 1.54) is 44.9 Å². The van der Waals surface area contributed by atoms with Crippen LogP contribution in [0.2, 0.25) is 11.1 Å². The van der Waals surface area contributed by atoms with Gasteiger partial charge in [-0.05, 0) is 56.8 Å². The third-order valence-electron chi connectivity index (χ3n) is 5.74. The Hall–Kier alpha value is 0.137. The Morgan fingerprint density at radius 1 is 0.773 bits per heavy atom. The highest BCUT2D eigenvalue weighted by molar-refractivity contribution is 6.70. The van der Waals surface area contributed by atoms with Gasteiger partial charge >= 0.3 is 8.56 Å². The molecule has 2 saturated carbocycles. The molecule has 3 heteroatoms. The van der Waals surface area contributed by atoms with Gasteiger partial charge in [0, 0.05) is 24.3 Å². The first-order valence-electron chi connectivity index (χ1n) is 9.90. The van der Waals surface area contributed by atoms with E-state index >= 15 is 0 Å². The maximum Gasteiger partial charge on any atom is 0.344 e. The largest absolute Gasteiger partial charge is 0.394 e. The molecular weight excluding hydrogens is 288 g/mol. The standard InChI is InChI=1S/C19H38O2Si/c1-5-11-20-22(21-12-6-2,18-9-7-8-10-18)19-14-16(3)13-17(4)15-19/h16-19H,5-15H2,1-4H3. The van der Waals surface area contributed by atoms with Gasteiger partial charge in [0.1, 0.15) is 0 Å². The van der Waals surface area contributed by atoms with E-state index in [1.54, 1.807) is 0 Å². The molecule has 2 aliphatic rings. The maximum atomic E-state index is 6.72. The maximum absolute atomic E-state index is 6.72. The van der Waals surface area contributed by atoms with E-state index < -0.39 is 8.56 Å². The fourth-order valence-corrected chi connectivity index (χ4v) is 10.4. The van der Waals surface area contributed by atoms with Crippen LogP contribution < -0.4 is 0 Å². The Balaban J connectivity index is 2.22. The van der Waals surface area contributed by atoms with Crippen LogP contribution in [0.4, 0.5) is 0 Å². The van der Waals surface area contributed by atoms with Gasteiger partial charge in [-0.2, -0.15) is 0 Å². The van der Waals surface area contributed by atoms with Gasteiger partial charge in [-0.25, -0.2) is 0 Å². The summed E-state index contributed by atoms with van der Waals surface area (Å²) in [5.41, 5.74) is 1.49. The number of hydrogen-bond donors (Lipinski definition) is 0. The SMILES string of the molecule is CCCO[Si](OCCC)(C1CCCC1)C1CC(C)CC(C)C1. The van der Waals surface area contributed by atoms with Gasteiger partial charge < -0.3 is 8.85 Å². The van der Waals surface area contributed by atoms with Crippen molar-refractivity contribution in [3.05, 3.63) is 0 Å². The van der Waals surface area contributed by atoms with Crippen LogP contribution in [0.25, 0.3) is 0 Å². The van der Waals surface area contributed by atoms with Crippen molar-refractivity contribution in [3.8, 4) is 0 Å².